The zero-order chi connectivity index (χ0) is 13.6. The molecule has 0 radical (unpaired) electrons. The Hall–Kier alpha value is -0.900. The lowest BCUT2D eigenvalue weighted by molar-refractivity contribution is -0.170. The molecular weight excluding hydrogens is 218 g/mol. The first kappa shape index (κ1) is 14.2. The summed E-state index contributed by atoms with van der Waals surface area (Å²) in [6, 6.07) is 0. The van der Waals surface area contributed by atoms with Crippen molar-refractivity contribution in [1.82, 2.24) is 4.90 Å². The van der Waals surface area contributed by atoms with Gasteiger partial charge in [0, 0.05) is 12.8 Å². The lowest BCUT2D eigenvalue weighted by Gasteiger charge is -2.48. The predicted molar refractivity (Wildman–Crippen MR) is 65.2 cm³/mol. The summed E-state index contributed by atoms with van der Waals surface area (Å²) in [4.78, 5) is 25.4. The van der Waals surface area contributed by atoms with Gasteiger partial charge in [0.2, 0.25) is 11.8 Å². The summed E-state index contributed by atoms with van der Waals surface area (Å²) in [7, 11) is 0. The number of aliphatic hydroxyl groups is 1. The van der Waals surface area contributed by atoms with E-state index in [1.165, 1.54) is 4.90 Å². The van der Waals surface area contributed by atoms with Crippen molar-refractivity contribution in [3.8, 4) is 0 Å². The lowest BCUT2D eigenvalue weighted by Crippen LogP contribution is -2.64. The minimum atomic E-state index is -1.13. The van der Waals surface area contributed by atoms with Crippen LogP contribution in [0.15, 0.2) is 0 Å². The molecule has 0 atom stereocenters. The Morgan fingerprint density at radius 1 is 1.06 bits per heavy atom. The molecule has 98 valence electrons. The maximum Gasteiger partial charge on any atom is 0.230 e. The first-order valence-corrected chi connectivity index (χ1v) is 5.97. The van der Waals surface area contributed by atoms with E-state index in [0.29, 0.717) is 12.8 Å². The van der Waals surface area contributed by atoms with Gasteiger partial charge in [-0.05, 0) is 33.1 Å². The second-order valence-corrected chi connectivity index (χ2v) is 6.76. The highest BCUT2D eigenvalue weighted by atomic mass is 16.3. The summed E-state index contributed by atoms with van der Waals surface area (Å²) < 4.78 is 0. The number of likely N-dealkylation sites (tertiary alicyclic amines) is 1. The van der Waals surface area contributed by atoms with Crippen molar-refractivity contribution in [2.45, 2.75) is 65.5 Å². The minimum absolute atomic E-state index is 0.196. The summed E-state index contributed by atoms with van der Waals surface area (Å²) in [6.45, 7) is 10.5. The monoisotopic (exact) mass is 241 g/mol. The largest absolute Gasteiger partial charge is 0.388 e. The molecule has 4 nitrogen and oxygen atoms in total. The molecule has 0 aromatic carbocycles. The lowest BCUT2D eigenvalue weighted by atomic mass is 9.77. The molecule has 1 fully saturated rings. The Labute approximate surface area is 103 Å². The third kappa shape index (κ3) is 2.51. The van der Waals surface area contributed by atoms with Crippen molar-refractivity contribution >= 4 is 11.8 Å². The van der Waals surface area contributed by atoms with E-state index in [1.54, 1.807) is 27.7 Å². The maximum absolute atomic E-state index is 12.1. The van der Waals surface area contributed by atoms with Crippen molar-refractivity contribution in [2.75, 3.05) is 0 Å². The van der Waals surface area contributed by atoms with Crippen molar-refractivity contribution in [3.63, 3.8) is 0 Å². The SMILES string of the molecule is CC1(C)CC(=O)N(C(C)(C)C(C)(C)O)C(=O)C1. The third-order valence-corrected chi connectivity index (χ3v) is 3.81. The van der Waals surface area contributed by atoms with Gasteiger partial charge in [0.15, 0.2) is 0 Å². The van der Waals surface area contributed by atoms with Crippen molar-refractivity contribution in [1.29, 1.82) is 0 Å². The Morgan fingerprint density at radius 2 is 1.41 bits per heavy atom. The normalized spacial score (nSPS) is 21.9. The number of rotatable bonds is 2. The van der Waals surface area contributed by atoms with Gasteiger partial charge in [0.25, 0.3) is 0 Å². The van der Waals surface area contributed by atoms with Crippen LogP contribution in [0.1, 0.15) is 54.4 Å². The van der Waals surface area contributed by atoms with E-state index < -0.39 is 11.1 Å². The van der Waals surface area contributed by atoms with Crippen LogP contribution in [0.5, 0.6) is 0 Å². The summed E-state index contributed by atoms with van der Waals surface area (Å²) >= 11 is 0. The second kappa shape index (κ2) is 3.80. The molecule has 0 unspecified atom stereocenters. The molecule has 0 spiro atoms. The smallest absolute Gasteiger partial charge is 0.230 e. The van der Waals surface area contributed by atoms with Crippen LogP contribution in [0.4, 0.5) is 0 Å². The van der Waals surface area contributed by atoms with Crippen LogP contribution in [-0.2, 0) is 9.59 Å². The highest BCUT2D eigenvalue weighted by Gasteiger charge is 2.49. The molecule has 1 N–H and O–H groups in total. The average molecular weight is 241 g/mol. The van der Waals surface area contributed by atoms with E-state index in [1.807, 2.05) is 13.8 Å². The number of carbonyl (C=O) groups excluding carboxylic acids is 2. The fraction of sp³-hybridized carbons (Fsp3) is 0.846. The molecule has 1 rings (SSSR count). The van der Waals surface area contributed by atoms with Crippen LogP contribution in [0, 0.1) is 5.41 Å². The molecule has 0 aromatic heterocycles. The second-order valence-electron chi connectivity index (χ2n) is 6.76. The summed E-state index contributed by atoms with van der Waals surface area (Å²) in [5.74, 6) is -0.392. The highest BCUT2D eigenvalue weighted by molar-refractivity contribution is 5.99. The predicted octanol–water partition coefficient (Wildman–Crippen LogP) is 1.71. The topological polar surface area (TPSA) is 57.6 Å². The van der Waals surface area contributed by atoms with Gasteiger partial charge in [-0.15, -0.1) is 0 Å². The average Bonchev–Trinajstić information content (AvgIpc) is 1.95. The van der Waals surface area contributed by atoms with E-state index in [4.69, 9.17) is 0 Å². The van der Waals surface area contributed by atoms with E-state index in [2.05, 4.69) is 0 Å². The molecule has 1 aliphatic rings. The molecule has 0 bridgehead atoms. The van der Waals surface area contributed by atoms with E-state index in [0.717, 1.165) is 0 Å². The van der Waals surface area contributed by atoms with Crippen LogP contribution in [0.3, 0.4) is 0 Å². The molecule has 0 saturated carbocycles. The number of piperidine rings is 1. The molecule has 1 aliphatic heterocycles. The van der Waals surface area contributed by atoms with Gasteiger partial charge in [-0.2, -0.15) is 0 Å². The summed E-state index contributed by atoms with van der Waals surface area (Å²) in [5, 5.41) is 10.1. The molecule has 2 amide bonds. The van der Waals surface area contributed by atoms with Gasteiger partial charge < -0.3 is 5.11 Å². The van der Waals surface area contributed by atoms with Gasteiger partial charge in [0.1, 0.15) is 0 Å². The number of imide groups is 1. The van der Waals surface area contributed by atoms with Gasteiger partial charge in [-0.1, -0.05) is 13.8 Å². The Kier molecular flexibility index (Phi) is 3.17. The number of carbonyl (C=O) groups is 2. The molecule has 4 heteroatoms. The van der Waals surface area contributed by atoms with Crippen LogP contribution in [-0.4, -0.2) is 33.0 Å². The number of amides is 2. The zero-order valence-corrected chi connectivity index (χ0v) is 11.6. The third-order valence-electron chi connectivity index (χ3n) is 3.81. The maximum atomic E-state index is 12.1. The van der Waals surface area contributed by atoms with Crippen molar-refractivity contribution < 1.29 is 14.7 Å². The van der Waals surface area contributed by atoms with Crippen molar-refractivity contribution in [3.05, 3.63) is 0 Å². The number of hydrogen-bond acceptors (Lipinski definition) is 3. The fourth-order valence-electron chi connectivity index (χ4n) is 2.08. The highest BCUT2D eigenvalue weighted by Crippen LogP contribution is 2.38. The number of nitrogens with zero attached hydrogens (tertiary/aromatic N) is 1. The molecule has 0 aliphatic carbocycles. The van der Waals surface area contributed by atoms with E-state index >= 15 is 0 Å². The first-order chi connectivity index (χ1) is 7.38. The standard InChI is InChI=1S/C13H23NO3/c1-11(2)7-9(15)14(10(16)8-11)12(3,4)13(5,6)17/h17H,7-8H2,1-6H3. The Balaban J connectivity index is 3.08. The van der Waals surface area contributed by atoms with Gasteiger partial charge in [-0.3, -0.25) is 14.5 Å². The number of hydrogen-bond donors (Lipinski definition) is 1. The van der Waals surface area contributed by atoms with Crippen molar-refractivity contribution in [2.24, 2.45) is 5.41 Å². The van der Waals surface area contributed by atoms with E-state index in [-0.39, 0.29) is 17.2 Å². The van der Waals surface area contributed by atoms with Gasteiger partial charge in [-0.25, -0.2) is 0 Å². The Morgan fingerprint density at radius 3 is 1.71 bits per heavy atom. The Bertz CT molecular complexity index is 330. The van der Waals surface area contributed by atoms with Crippen LogP contribution in [0.25, 0.3) is 0 Å². The zero-order valence-electron chi connectivity index (χ0n) is 11.6. The minimum Gasteiger partial charge on any atom is -0.388 e. The molecular formula is C13H23NO3. The van der Waals surface area contributed by atoms with Crippen LogP contribution in [0.2, 0.25) is 0 Å². The van der Waals surface area contributed by atoms with Crippen LogP contribution < -0.4 is 0 Å². The summed E-state index contributed by atoms with van der Waals surface area (Å²) in [5.41, 5.74) is -2.29. The van der Waals surface area contributed by atoms with Gasteiger partial charge >= 0.3 is 0 Å². The molecule has 17 heavy (non-hydrogen) atoms. The summed E-state index contributed by atoms with van der Waals surface area (Å²) in [6.07, 6.45) is 0.691. The molecule has 0 aromatic rings. The van der Waals surface area contributed by atoms with E-state index in [9.17, 15) is 14.7 Å². The molecule has 1 heterocycles. The molecule has 1 saturated heterocycles. The van der Waals surface area contributed by atoms with Crippen LogP contribution >= 0.6 is 0 Å². The van der Waals surface area contributed by atoms with Gasteiger partial charge in [0.05, 0.1) is 11.1 Å². The fourth-order valence-corrected chi connectivity index (χ4v) is 2.08. The first-order valence-electron chi connectivity index (χ1n) is 5.97. The quantitative estimate of drug-likeness (QED) is 0.749.